The molecule has 0 amide bonds. The molecule has 44 heteroatoms. The fourth-order valence-electron chi connectivity index (χ4n) is 14.4. The number of aliphatic hydroxyl groups excluding tert-OH is 24. The molecule has 9 saturated heterocycles. The van der Waals surface area contributed by atoms with Gasteiger partial charge in [-0.15, -0.1) is 0 Å². The van der Waals surface area contributed by atoms with E-state index in [1.54, 1.807) is 13.8 Å². The molecule has 44 nitrogen and oxygen atoms in total. The lowest BCUT2D eigenvalue weighted by atomic mass is 9.88. The smallest absolute Gasteiger partial charge is 0.364 e. The van der Waals surface area contributed by atoms with E-state index < -0.39 is 353 Å². The van der Waals surface area contributed by atoms with Gasteiger partial charge in [-0.2, -0.15) is 0 Å². The molecule has 0 radical (unpaired) electrons. The van der Waals surface area contributed by atoms with Gasteiger partial charge in [0.25, 0.3) is 5.79 Å². The molecule has 0 aromatic heterocycles. The normalized spacial score (nSPS) is 51.9. The number of hydrogen-bond donors (Lipinski definition) is 26. The van der Waals surface area contributed by atoms with E-state index in [2.05, 4.69) is 0 Å². The van der Waals surface area contributed by atoms with Gasteiger partial charge in [-0.05, 0) is 6.92 Å². The highest BCUT2D eigenvalue weighted by molar-refractivity contribution is 5.76. The van der Waals surface area contributed by atoms with Crippen LogP contribution in [0.4, 0.5) is 0 Å². The lowest BCUT2D eigenvalue weighted by Gasteiger charge is -2.50. The molecule has 0 bridgehead atoms. The summed E-state index contributed by atoms with van der Waals surface area (Å²) in [5.41, 5.74) is 5.95. The third-order valence-corrected chi connectivity index (χ3v) is 21.5. The van der Waals surface area contributed by atoms with Crippen molar-refractivity contribution in [3.63, 3.8) is 0 Å². The maximum absolute atomic E-state index is 12.7. The van der Waals surface area contributed by atoms with E-state index in [0.29, 0.717) is 0 Å². The molecule has 0 spiro atoms. The van der Waals surface area contributed by atoms with E-state index >= 15 is 0 Å². The number of carboxylic acid groups (broad SMARTS) is 1. The molecule has 9 aliphatic heterocycles. The van der Waals surface area contributed by atoms with Crippen molar-refractivity contribution >= 4 is 5.97 Å². The van der Waals surface area contributed by atoms with Crippen molar-refractivity contribution in [2.75, 3.05) is 59.5 Å². The Morgan fingerprint density at radius 1 is 0.387 bits per heavy atom. The number of aliphatic hydroxyl groups is 24. The molecule has 0 saturated carbocycles. The largest absolute Gasteiger partial charge is 0.477 e. The fraction of sp³-hybridized carbons (Fsp3) is 0.984. The minimum atomic E-state index is -2.92. The summed E-state index contributed by atoms with van der Waals surface area (Å²) in [4.78, 5) is 12.7. The standard InChI is InChI=1S/C62H107NO43/c1-16-20(5)92-26(11-68)47(33(16)74)100-55-18(3)34(75)49(28(13-70)96-55)102-58-46(87)51(103-60-53(44(85)39(80)25(10-67)95-60)105-54-17(2)32(73)37(78)23(8-65)93-54)41(82)29(98-58)14-90-59-52(43(84)38(79)24(9-66)94-59)104-56-19(4)35(76)48(27(12-69)97-56)101-57-45(86)42(83)40(81)30(99-57)15-91-62(61(88)89)6-21(71)31(63)50(106-62)36(77)22(72)7-64/h16-60,64-87H,6-15,63H2,1-5H3,(H,88,89)/t16-,17+,18+,19?,20+,21-,22-,23?,24?,25-,26?,27+,28?,29?,30?,31-,32?,33?,34?,35?,36-,37-,38-,39-,40+,41-,42?,43?,44?,45+,46-,47-,48-,49-,50?,51?,52-,53?,54+,55+,56+,57+,58+,59+,60-,62-/m1/s1. The number of ether oxygens (including phenoxy) is 17. The molecule has 46 atom stereocenters. The summed E-state index contributed by atoms with van der Waals surface area (Å²) in [6.07, 6.45) is -74.2. The Kier molecular flexibility index (Phi) is 30.9. The minimum absolute atomic E-state index is 0.526. The lowest BCUT2D eigenvalue weighted by molar-refractivity contribution is -0.399. The number of aliphatic carboxylic acids is 1. The SMILES string of the molecule is CC1C(O)[C@H](O[C@@H]2OC(CO[C@]3(C(=O)O)C[C@@H](O)[C@@H](N)C([C@H](O)[C@H](O)CO)O3)[C@H](O)C(O)[C@@H]2O)[C@H](CO)O[C@H]1O[C@@H]1C(O)[C@H](O)C(CO)O[C@@H]1OCC1O[C@@H](O[C@@H]2C(CO)O[C@@H](O[C@@H]3C(CO)O[C@@H](C)[C@@H](C)C3O)[C@@H](C)C2O)[C@H](O)C(O[C@H]2O[C@H](CO)[C@@H](O)C(O)C2O[C@@H]2OC(CO)[C@@H](O)C(O)[C@@H]2C)[C@@H]1O. The van der Waals surface area contributed by atoms with Crippen LogP contribution in [-0.4, -0.2) is 450 Å². The molecule has 0 aliphatic carbocycles. The van der Waals surface area contributed by atoms with Gasteiger partial charge in [0.05, 0.1) is 102 Å². The Bertz CT molecular complexity index is 2690. The van der Waals surface area contributed by atoms with Crippen molar-refractivity contribution in [1.82, 2.24) is 0 Å². The first-order chi connectivity index (χ1) is 50.1. The average Bonchev–Trinajstić information content (AvgIpc) is 0.776. The van der Waals surface area contributed by atoms with Gasteiger partial charge >= 0.3 is 5.97 Å². The van der Waals surface area contributed by atoms with Crippen LogP contribution in [0, 0.1) is 23.7 Å². The Morgan fingerprint density at radius 3 is 1.24 bits per heavy atom. The van der Waals surface area contributed by atoms with Crippen LogP contribution in [0.25, 0.3) is 0 Å². The predicted octanol–water partition coefficient (Wildman–Crippen LogP) is -15.3. The molecule has 106 heavy (non-hydrogen) atoms. The van der Waals surface area contributed by atoms with Crippen LogP contribution in [0.5, 0.6) is 0 Å². The minimum Gasteiger partial charge on any atom is -0.477 e. The molecule has 9 heterocycles. The number of nitrogens with two attached hydrogens (primary N) is 1. The van der Waals surface area contributed by atoms with Crippen LogP contribution in [0.1, 0.15) is 41.0 Å². The second-order valence-electron chi connectivity index (χ2n) is 28.6. The van der Waals surface area contributed by atoms with Crippen LogP contribution in [0.2, 0.25) is 0 Å². The summed E-state index contributed by atoms with van der Waals surface area (Å²) >= 11 is 0. The van der Waals surface area contributed by atoms with E-state index in [-0.39, 0.29) is 0 Å². The Morgan fingerprint density at radius 2 is 0.755 bits per heavy atom. The van der Waals surface area contributed by atoms with E-state index in [9.17, 15) is 132 Å². The maximum atomic E-state index is 12.7. The second-order valence-corrected chi connectivity index (χ2v) is 28.6. The molecular weight excluding hydrogens is 1450 g/mol. The molecule has 0 aromatic carbocycles. The van der Waals surface area contributed by atoms with Crippen LogP contribution in [0.15, 0.2) is 0 Å². The topological polar surface area (TPSA) is 706 Å². The summed E-state index contributed by atoms with van der Waals surface area (Å²) in [5, 5.41) is 274. The molecule has 0 aromatic rings. The van der Waals surface area contributed by atoms with Gasteiger partial charge in [-0.3, -0.25) is 0 Å². The molecule has 9 fully saturated rings. The van der Waals surface area contributed by atoms with Crippen molar-refractivity contribution in [1.29, 1.82) is 0 Å². The summed E-state index contributed by atoms with van der Waals surface area (Å²) in [6.45, 7) is -1.29. The zero-order valence-corrected chi connectivity index (χ0v) is 58.2. The monoisotopic (exact) mass is 1550 g/mol. The van der Waals surface area contributed by atoms with Crippen molar-refractivity contribution in [2.45, 2.75) is 298 Å². The molecular formula is C62H107NO43. The van der Waals surface area contributed by atoms with Gasteiger partial charge < -0.3 is 214 Å². The number of rotatable bonds is 28. The Labute approximate surface area is 604 Å². The Hall–Kier alpha value is -2.21. The van der Waals surface area contributed by atoms with E-state index in [0.717, 1.165) is 0 Å². The first kappa shape index (κ1) is 87.8. The van der Waals surface area contributed by atoms with Gasteiger partial charge in [-0.25, -0.2) is 4.79 Å². The predicted molar refractivity (Wildman–Crippen MR) is 332 cm³/mol. The molecule has 17 unspecified atom stereocenters. The van der Waals surface area contributed by atoms with E-state index in [1.807, 2.05) is 0 Å². The summed E-state index contributed by atoms with van der Waals surface area (Å²) in [5.74, 6) is -9.10. The number of carboxylic acids is 1. The molecule has 9 rings (SSSR count). The number of hydrogen-bond acceptors (Lipinski definition) is 43. The summed E-state index contributed by atoms with van der Waals surface area (Å²) < 4.78 is 101. The van der Waals surface area contributed by atoms with Gasteiger partial charge in [0.1, 0.15) is 165 Å². The third-order valence-electron chi connectivity index (χ3n) is 21.5. The van der Waals surface area contributed by atoms with Crippen molar-refractivity contribution in [3.8, 4) is 0 Å². The van der Waals surface area contributed by atoms with E-state index in [1.165, 1.54) is 20.8 Å². The zero-order valence-electron chi connectivity index (χ0n) is 58.2. The fourth-order valence-corrected chi connectivity index (χ4v) is 14.4. The molecule has 9 aliphatic rings. The van der Waals surface area contributed by atoms with Gasteiger partial charge in [0.15, 0.2) is 44.0 Å². The Balaban J connectivity index is 0.951. The average molecular weight is 1550 g/mol. The van der Waals surface area contributed by atoms with Crippen LogP contribution in [0.3, 0.4) is 0 Å². The number of carbonyl (C=O) groups is 1. The lowest BCUT2D eigenvalue weighted by Crippen LogP contribution is -2.68. The maximum Gasteiger partial charge on any atom is 0.364 e. The second kappa shape index (κ2) is 37.4. The van der Waals surface area contributed by atoms with Crippen molar-refractivity contribution in [3.05, 3.63) is 0 Å². The first-order valence-electron chi connectivity index (χ1n) is 35.0. The van der Waals surface area contributed by atoms with Crippen molar-refractivity contribution in [2.24, 2.45) is 29.4 Å². The first-order valence-corrected chi connectivity index (χ1v) is 35.0. The molecule has 27 N–H and O–H groups in total. The zero-order chi connectivity index (χ0) is 78.1. The van der Waals surface area contributed by atoms with Gasteiger partial charge in [0.2, 0.25) is 0 Å². The van der Waals surface area contributed by atoms with E-state index in [4.69, 9.17) is 86.3 Å². The third kappa shape index (κ3) is 18.1. The van der Waals surface area contributed by atoms with Crippen LogP contribution >= 0.6 is 0 Å². The van der Waals surface area contributed by atoms with Crippen molar-refractivity contribution < 1.29 is 213 Å². The highest BCUT2D eigenvalue weighted by atomic mass is 16.8. The quantitative estimate of drug-likeness (QED) is 0.0346. The van der Waals surface area contributed by atoms with Crippen LogP contribution in [-0.2, 0) is 85.3 Å². The molecule has 618 valence electrons. The summed E-state index contributed by atoms with van der Waals surface area (Å²) in [7, 11) is 0. The summed E-state index contributed by atoms with van der Waals surface area (Å²) in [6, 6.07) is -1.55. The van der Waals surface area contributed by atoms with Gasteiger partial charge in [-0.1, -0.05) is 27.7 Å². The van der Waals surface area contributed by atoms with Gasteiger partial charge in [0, 0.05) is 30.1 Å². The van der Waals surface area contributed by atoms with Crippen LogP contribution < -0.4 is 5.73 Å². The highest BCUT2D eigenvalue weighted by Gasteiger charge is 2.61. The highest BCUT2D eigenvalue weighted by Crippen LogP contribution is 2.42.